The topological polar surface area (TPSA) is 87.7 Å². The van der Waals surface area contributed by atoms with E-state index in [-0.39, 0.29) is 17.7 Å². The maximum Gasteiger partial charge on any atom is 0.231 e. The van der Waals surface area contributed by atoms with E-state index in [0.29, 0.717) is 6.54 Å². The highest BCUT2D eigenvalue weighted by molar-refractivity contribution is 6.02. The van der Waals surface area contributed by atoms with Gasteiger partial charge in [-0.25, -0.2) is 0 Å². The SMILES string of the molecule is CC(C)C(C(=O)NCCCC1CCCC1)C(N)=NO. The Hall–Kier alpha value is -1.26. The van der Waals surface area contributed by atoms with Gasteiger partial charge in [-0.2, -0.15) is 0 Å². The molecule has 1 aliphatic rings. The van der Waals surface area contributed by atoms with Crippen molar-refractivity contribution in [1.82, 2.24) is 5.32 Å². The van der Waals surface area contributed by atoms with Crippen molar-refractivity contribution >= 4 is 11.7 Å². The summed E-state index contributed by atoms with van der Waals surface area (Å²) >= 11 is 0. The molecule has 0 spiro atoms. The lowest BCUT2D eigenvalue weighted by Crippen LogP contribution is -2.42. The minimum Gasteiger partial charge on any atom is -0.409 e. The number of carbonyl (C=O) groups excluding carboxylic acids is 1. The average Bonchev–Trinajstić information content (AvgIpc) is 2.87. The molecule has 0 saturated heterocycles. The first-order valence-corrected chi connectivity index (χ1v) is 7.31. The Morgan fingerprint density at radius 1 is 1.42 bits per heavy atom. The molecule has 110 valence electrons. The van der Waals surface area contributed by atoms with Gasteiger partial charge in [-0.15, -0.1) is 0 Å². The van der Waals surface area contributed by atoms with Gasteiger partial charge in [-0.1, -0.05) is 44.7 Å². The summed E-state index contributed by atoms with van der Waals surface area (Å²) < 4.78 is 0. The molecule has 1 saturated carbocycles. The normalized spacial score (nSPS) is 18.8. The Kier molecular flexibility index (Phi) is 6.67. The Labute approximate surface area is 115 Å². The van der Waals surface area contributed by atoms with Crippen molar-refractivity contribution in [3.05, 3.63) is 0 Å². The predicted molar refractivity (Wildman–Crippen MR) is 75.9 cm³/mol. The molecule has 1 rings (SSSR count). The van der Waals surface area contributed by atoms with E-state index in [1.165, 1.54) is 32.1 Å². The van der Waals surface area contributed by atoms with Crippen LogP contribution in [0.5, 0.6) is 0 Å². The molecule has 1 unspecified atom stereocenters. The second kappa shape index (κ2) is 8.02. The minimum atomic E-state index is -0.545. The Morgan fingerprint density at radius 3 is 2.58 bits per heavy atom. The van der Waals surface area contributed by atoms with E-state index in [9.17, 15) is 4.79 Å². The molecule has 1 atom stereocenters. The number of nitrogens with zero attached hydrogens (tertiary/aromatic N) is 1. The highest BCUT2D eigenvalue weighted by Gasteiger charge is 2.26. The summed E-state index contributed by atoms with van der Waals surface area (Å²) in [6.45, 7) is 4.46. The van der Waals surface area contributed by atoms with Crippen LogP contribution >= 0.6 is 0 Å². The molecular formula is C14H27N3O2. The number of hydrogen-bond acceptors (Lipinski definition) is 3. The molecule has 0 aromatic heterocycles. The molecule has 0 radical (unpaired) electrons. The number of nitrogens with two attached hydrogens (primary N) is 1. The van der Waals surface area contributed by atoms with Crippen LogP contribution in [-0.2, 0) is 4.79 Å². The van der Waals surface area contributed by atoms with Crippen molar-refractivity contribution < 1.29 is 10.0 Å². The fraction of sp³-hybridized carbons (Fsp3) is 0.857. The van der Waals surface area contributed by atoms with Gasteiger partial charge in [0, 0.05) is 6.54 Å². The van der Waals surface area contributed by atoms with E-state index in [1.807, 2.05) is 13.8 Å². The zero-order chi connectivity index (χ0) is 14.3. The number of nitrogens with one attached hydrogen (secondary N) is 1. The lowest BCUT2D eigenvalue weighted by atomic mass is 9.93. The Balaban J connectivity index is 2.28. The van der Waals surface area contributed by atoms with E-state index in [4.69, 9.17) is 10.9 Å². The van der Waals surface area contributed by atoms with Crippen molar-refractivity contribution in [1.29, 1.82) is 0 Å². The van der Waals surface area contributed by atoms with Gasteiger partial charge < -0.3 is 16.3 Å². The third-order valence-corrected chi connectivity index (χ3v) is 3.95. The first kappa shape index (κ1) is 15.8. The molecule has 0 heterocycles. The molecule has 5 nitrogen and oxygen atoms in total. The van der Waals surface area contributed by atoms with Gasteiger partial charge in [0.15, 0.2) is 5.84 Å². The lowest BCUT2D eigenvalue weighted by Gasteiger charge is -2.19. The quantitative estimate of drug-likeness (QED) is 0.217. The van der Waals surface area contributed by atoms with Crippen LogP contribution in [0.15, 0.2) is 5.16 Å². The van der Waals surface area contributed by atoms with Gasteiger partial charge in [0.25, 0.3) is 0 Å². The fourth-order valence-corrected chi connectivity index (χ4v) is 2.85. The van der Waals surface area contributed by atoms with Crippen LogP contribution in [0.3, 0.4) is 0 Å². The molecule has 1 amide bonds. The Morgan fingerprint density at radius 2 is 2.05 bits per heavy atom. The maximum atomic E-state index is 12.0. The van der Waals surface area contributed by atoms with Crippen LogP contribution in [-0.4, -0.2) is 23.5 Å². The second-order valence-electron chi connectivity index (χ2n) is 5.83. The van der Waals surface area contributed by atoms with Gasteiger partial charge in [0.1, 0.15) is 5.92 Å². The van der Waals surface area contributed by atoms with E-state index < -0.39 is 5.92 Å². The van der Waals surface area contributed by atoms with E-state index >= 15 is 0 Å². The highest BCUT2D eigenvalue weighted by atomic mass is 16.4. The van der Waals surface area contributed by atoms with Gasteiger partial charge >= 0.3 is 0 Å². The molecule has 0 aromatic carbocycles. The van der Waals surface area contributed by atoms with Crippen molar-refractivity contribution in [3.8, 4) is 0 Å². The minimum absolute atomic E-state index is 0.0108. The van der Waals surface area contributed by atoms with Crippen molar-refractivity contribution in [2.45, 2.75) is 52.4 Å². The van der Waals surface area contributed by atoms with Crippen LogP contribution in [0.25, 0.3) is 0 Å². The van der Waals surface area contributed by atoms with Crippen molar-refractivity contribution in [2.24, 2.45) is 28.6 Å². The zero-order valence-corrected chi connectivity index (χ0v) is 12.1. The van der Waals surface area contributed by atoms with Gasteiger partial charge in [0.2, 0.25) is 5.91 Å². The van der Waals surface area contributed by atoms with Crippen LogP contribution in [0.1, 0.15) is 52.4 Å². The molecule has 0 aliphatic heterocycles. The predicted octanol–water partition coefficient (Wildman–Crippen LogP) is 2.09. The third kappa shape index (κ3) is 5.09. The summed E-state index contributed by atoms with van der Waals surface area (Å²) in [7, 11) is 0. The number of amidine groups is 1. The van der Waals surface area contributed by atoms with Crippen molar-refractivity contribution in [3.63, 3.8) is 0 Å². The molecule has 0 aromatic rings. The standard InChI is InChI=1S/C14H27N3O2/c1-10(2)12(13(15)17-19)14(18)16-9-5-8-11-6-3-4-7-11/h10-12,19H,3-9H2,1-2H3,(H2,15,17)(H,16,18). The molecular weight excluding hydrogens is 242 g/mol. The number of rotatable bonds is 7. The van der Waals surface area contributed by atoms with Crippen LogP contribution in [0.2, 0.25) is 0 Å². The first-order valence-electron chi connectivity index (χ1n) is 7.31. The average molecular weight is 269 g/mol. The molecule has 5 heteroatoms. The Bertz CT molecular complexity index is 310. The van der Waals surface area contributed by atoms with Gasteiger partial charge in [-0.3, -0.25) is 4.79 Å². The lowest BCUT2D eigenvalue weighted by molar-refractivity contribution is -0.124. The summed E-state index contributed by atoms with van der Waals surface area (Å²) in [6, 6.07) is 0. The van der Waals surface area contributed by atoms with Crippen molar-refractivity contribution in [2.75, 3.05) is 6.54 Å². The molecule has 1 fully saturated rings. The number of carbonyl (C=O) groups is 1. The van der Waals surface area contributed by atoms with E-state index in [1.54, 1.807) is 0 Å². The zero-order valence-electron chi connectivity index (χ0n) is 12.1. The molecule has 0 bridgehead atoms. The van der Waals surface area contributed by atoms with Crippen LogP contribution < -0.4 is 11.1 Å². The van der Waals surface area contributed by atoms with Gasteiger partial charge in [-0.05, 0) is 24.7 Å². The van der Waals surface area contributed by atoms with E-state index in [2.05, 4.69) is 10.5 Å². The highest BCUT2D eigenvalue weighted by Crippen LogP contribution is 2.28. The largest absolute Gasteiger partial charge is 0.409 e. The maximum absolute atomic E-state index is 12.0. The number of hydrogen-bond donors (Lipinski definition) is 3. The van der Waals surface area contributed by atoms with E-state index in [0.717, 1.165) is 12.3 Å². The van der Waals surface area contributed by atoms with Crippen LogP contribution in [0.4, 0.5) is 0 Å². The summed E-state index contributed by atoms with van der Waals surface area (Å²) in [4.78, 5) is 12.0. The smallest absolute Gasteiger partial charge is 0.231 e. The third-order valence-electron chi connectivity index (χ3n) is 3.95. The molecule has 4 N–H and O–H groups in total. The monoisotopic (exact) mass is 269 g/mol. The number of oxime groups is 1. The summed E-state index contributed by atoms with van der Waals surface area (Å²) in [6.07, 6.45) is 7.60. The molecule has 19 heavy (non-hydrogen) atoms. The summed E-state index contributed by atoms with van der Waals surface area (Å²) in [5, 5.41) is 14.5. The first-order chi connectivity index (χ1) is 9.06. The van der Waals surface area contributed by atoms with Crippen LogP contribution in [0, 0.1) is 17.8 Å². The number of amides is 1. The summed E-state index contributed by atoms with van der Waals surface area (Å²) in [5.41, 5.74) is 5.56. The summed E-state index contributed by atoms with van der Waals surface area (Å²) in [5.74, 6) is 0.170. The fourth-order valence-electron chi connectivity index (χ4n) is 2.85. The molecule has 1 aliphatic carbocycles. The van der Waals surface area contributed by atoms with Gasteiger partial charge in [0.05, 0.1) is 0 Å². The second-order valence-corrected chi connectivity index (χ2v) is 5.83.